The number of para-hydroxylation sites is 3. The van der Waals surface area contributed by atoms with Crippen LogP contribution in [0.3, 0.4) is 0 Å². The van der Waals surface area contributed by atoms with Gasteiger partial charge in [0.15, 0.2) is 0 Å². The van der Waals surface area contributed by atoms with Crippen LogP contribution in [0.4, 0.5) is 5.69 Å². The fourth-order valence-electron chi connectivity index (χ4n) is 5.83. The Kier molecular flexibility index (Phi) is 14.3. The lowest BCUT2D eigenvalue weighted by atomic mass is 10.00. The molecule has 7 aromatic rings. The van der Waals surface area contributed by atoms with Gasteiger partial charge in [0.05, 0.1) is 35.8 Å². The molecule has 4 aromatic carbocycles. The summed E-state index contributed by atoms with van der Waals surface area (Å²) in [5.74, 6) is 0.669. The van der Waals surface area contributed by atoms with Gasteiger partial charge in [-0.2, -0.15) is 5.10 Å². The van der Waals surface area contributed by atoms with Crippen molar-refractivity contribution in [1.82, 2.24) is 18.9 Å². The first-order chi connectivity index (χ1) is 24.5. The van der Waals surface area contributed by atoms with Gasteiger partial charge >= 0.3 is 0 Å². The minimum Gasteiger partial charge on any atom is -0.507 e. The first-order valence-corrected chi connectivity index (χ1v) is 16.3. The Bertz CT molecular complexity index is 2460. The van der Waals surface area contributed by atoms with Crippen LogP contribution < -0.4 is 26.3 Å². The van der Waals surface area contributed by atoms with Gasteiger partial charge in [-0.05, 0) is 42.8 Å². The lowest BCUT2D eigenvalue weighted by Gasteiger charge is -2.30. The zero-order valence-corrected chi connectivity index (χ0v) is 29.2. The quantitative estimate of drug-likeness (QED) is 0.195. The van der Waals surface area contributed by atoms with E-state index >= 15 is 0 Å². The van der Waals surface area contributed by atoms with Gasteiger partial charge in [-0.3, -0.25) is 14.4 Å². The van der Waals surface area contributed by atoms with E-state index in [2.05, 4.69) is 23.1 Å². The van der Waals surface area contributed by atoms with Crippen molar-refractivity contribution < 1.29 is 14.9 Å². The summed E-state index contributed by atoms with van der Waals surface area (Å²) in [6, 6.07) is 33.1. The van der Waals surface area contributed by atoms with Crippen LogP contribution in [-0.4, -0.2) is 49.8 Å². The van der Waals surface area contributed by atoms with E-state index in [9.17, 15) is 24.6 Å². The third kappa shape index (κ3) is 9.19. The maximum atomic E-state index is 11.5. The third-order valence-corrected chi connectivity index (χ3v) is 8.77. The molecule has 8 rings (SSSR count). The summed E-state index contributed by atoms with van der Waals surface area (Å²) < 4.78 is 9.60. The summed E-state index contributed by atoms with van der Waals surface area (Å²) in [6.07, 6.45) is 2.27. The van der Waals surface area contributed by atoms with Crippen molar-refractivity contribution in [3.63, 3.8) is 0 Å². The molecule has 1 aliphatic heterocycles. The van der Waals surface area contributed by atoms with Gasteiger partial charge < -0.3 is 29.0 Å². The number of aromatic nitrogens is 4. The highest BCUT2D eigenvalue weighted by atomic mass is 16.5. The van der Waals surface area contributed by atoms with Crippen LogP contribution in [0.15, 0.2) is 130 Å². The molecule has 0 bridgehead atoms. The Morgan fingerprint density at radius 2 is 1.23 bits per heavy atom. The smallest absolute Gasteiger partial charge is 0.274 e. The molecule has 278 valence electrons. The van der Waals surface area contributed by atoms with Crippen molar-refractivity contribution in [1.29, 1.82) is 0 Å². The summed E-state index contributed by atoms with van der Waals surface area (Å²) >= 11 is 0. The number of benzene rings is 4. The van der Waals surface area contributed by atoms with Crippen molar-refractivity contribution in [2.45, 2.75) is 27.4 Å². The SMILES string of the molecule is C.C.CN1CCC(O)c2ccccc21.COc1cc(=O)n(C)c2ccccc12.Cn1c(=O)cc(O)c2ccccc21.Cn1ncc2ccccc2c1=O. The van der Waals surface area contributed by atoms with E-state index in [4.69, 9.17) is 4.74 Å². The number of aromatic hydroxyl groups is 1. The second-order valence-corrected chi connectivity index (χ2v) is 12.0. The minimum absolute atomic E-state index is 0. The van der Waals surface area contributed by atoms with Crippen molar-refractivity contribution in [3.8, 4) is 11.5 Å². The zero-order chi connectivity index (χ0) is 36.7. The van der Waals surface area contributed by atoms with E-state index in [1.165, 1.54) is 21.4 Å². The monoisotopic (exact) mass is 719 g/mol. The molecular formula is C42H49N5O6. The number of aliphatic hydroxyl groups excluding tert-OH is 1. The van der Waals surface area contributed by atoms with Gasteiger partial charge in [0, 0.05) is 74.3 Å². The van der Waals surface area contributed by atoms with Crippen LogP contribution >= 0.6 is 0 Å². The number of pyridine rings is 2. The predicted octanol–water partition coefficient (Wildman–Crippen LogP) is 6.56. The molecule has 0 spiro atoms. The lowest BCUT2D eigenvalue weighted by molar-refractivity contribution is 0.165. The predicted molar refractivity (Wildman–Crippen MR) is 216 cm³/mol. The number of aryl methyl sites for hydroxylation is 3. The zero-order valence-electron chi connectivity index (χ0n) is 29.2. The van der Waals surface area contributed by atoms with E-state index in [0.29, 0.717) is 11.1 Å². The molecule has 0 saturated heterocycles. The van der Waals surface area contributed by atoms with Gasteiger partial charge in [-0.15, -0.1) is 0 Å². The number of rotatable bonds is 1. The third-order valence-electron chi connectivity index (χ3n) is 8.77. The Morgan fingerprint density at radius 1 is 0.698 bits per heavy atom. The lowest BCUT2D eigenvalue weighted by Crippen LogP contribution is -2.26. The number of fused-ring (bicyclic) bond motifs is 4. The molecule has 11 nitrogen and oxygen atoms in total. The Balaban J connectivity index is 0.000000188. The molecule has 0 saturated carbocycles. The molecule has 0 radical (unpaired) electrons. The van der Waals surface area contributed by atoms with Crippen molar-refractivity contribution in [2.24, 2.45) is 21.1 Å². The van der Waals surface area contributed by atoms with Gasteiger partial charge in [-0.1, -0.05) is 75.5 Å². The molecule has 53 heavy (non-hydrogen) atoms. The Labute approximate surface area is 309 Å². The summed E-state index contributed by atoms with van der Waals surface area (Å²) in [4.78, 5) is 36.4. The number of hydrogen-bond acceptors (Lipinski definition) is 8. The summed E-state index contributed by atoms with van der Waals surface area (Å²) in [5.41, 5.74) is 3.55. The molecule has 0 amide bonds. The second-order valence-electron chi connectivity index (χ2n) is 12.0. The maximum absolute atomic E-state index is 11.5. The summed E-state index contributed by atoms with van der Waals surface area (Å²) in [7, 11) is 8.72. The summed E-state index contributed by atoms with van der Waals surface area (Å²) in [6.45, 7) is 0.943. The normalized spacial score (nSPS) is 12.7. The molecule has 2 N–H and O–H groups in total. The first kappa shape index (κ1) is 41.2. The van der Waals surface area contributed by atoms with Crippen LogP contribution in [0, 0.1) is 0 Å². The number of aliphatic hydroxyl groups is 1. The van der Waals surface area contributed by atoms with Crippen molar-refractivity contribution in [2.75, 3.05) is 25.6 Å². The van der Waals surface area contributed by atoms with Crippen LogP contribution in [0.25, 0.3) is 32.6 Å². The van der Waals surface area contributed by atoms with Gasteiger partial charge in [0.1, 0.15) is 11.5 Å². The number of methoxy groups -OCH3 is 1. The van der Waals surface area contributed by atoms with E-state index in [1.54, 1.807) is 57.2 Å². The van der Waals surface area contributed by atoms with Crippen LogP contribution in [-0.2, 0) is 21.1 Å². The van der Waals surface area contributed by atoms with Crippen molar-refractivity contribution >= 4 is 38.3 Å². The average Bonchev–Trinajstić information content (AvgIpc) is 3.16. The van der Waals surface area contributed by atoms with Crippen LogP contribution in [0.1, 0.15) is 32.9 Å². The Morgan fingerprint density at radius 3 is 1.87 bits per heavy atom. The number of hydrogen-bond donors (Lipinski definition) is 2. The molecule has 0 fully saturated rings. The highest BCUT2D eigenvalue weighted by molar-refractivity contribution is 5.85. The van der Waals surface area contributed by atoms with E-state index < -0.39 is 0 Å². The average molecular weight is 720 g/mol. The number of anilines is 1. The fraction of sp³-hybridized carbons (Fsp3) is 0.238. The largest absolute Gasteiger partial charge is 0.507 e. The fourth-order valence-corrected chi connectivity index (χ4v) is 5.83. The highest BCUT2D eigenvalue weighted by Crippen LogP contribution is 2.32. The van der Waals surface area contributed by atoms with Gasteiger partial charge in [0.25, 0.3) is 16.7 Å². The number of ether oxygens (including phenoxy) is 1. The standard InChI is InChI=1S/C11H11NO2.C10H9NO2.C10H13NO.C9H8N2O.2CH4/c1-12-9-6-4-3-5-8(9)10(14-2)7-11(12)13;1-11-8-5-3-2-4-7(8)9(12)6-10(11)13;1-11-7-6-10(12)8-4-2-3-5-9(8)11;1-11-9(12)8-5-3-2-4-7(8)6-10-11;;/h3-7H,1-2H3;2-6,12H,1H3;2-5,10,12H,6-7H2,1H3;2-6H,1H3;2*1H4. The van der Waals surface area contributed by atoms with E-state index in [0.717, 1.165) is 51.4 Å². The molecule has 1 unspecified atom stereocenters. The van der Waals surface area contributed by atoms with Gasteiger partial charge in [0.2, 0.25) is 0 Å². The summed E-state index contributed by atoms with van der Waals surface area (Å²) in [5, 5.41) is 26.3. The topological polar surface area (TPSA) is 132 Å². The number of nitrogens with zero attached hydrogens (tertiary/aromatic N) is 5. The van der Waals surface area contributed by atoms with Gasteiger partial charge in [-0.25, -0.2) is 4.68 Å². The Hall–Kier alpha value is -6.20. The van der Waals surface area contributed by atoms with E-state index in [-0.39, 0.29) is 43.4 Å². The van der Waals surface area contributed by atoms with E-state index in [1.807, 2.05) is 72.8 Å². The molecule has 1 atom stereocenters. The molecular weight excluding hydrogens is 670 g/mol. The molecule has 11 heteroatoms. The first-order valence-electron chi connectivity index (χ1n) is 16.3. The maximum Gasteiger partial charge on any atom is 0.274 e. The molecule has 0 aliphatic carbocycles. The van der Waals surface area contributed by atoms with Crippen molar-refractivity contribution in [3.05, 3.63) is 152 Å². The second kappa shape index (κ2) is 18.3. The minimum atomic E-state index is -0.266. The molecule has 4 heterocycles. The molecule has 3 aromatic heterocycles. The van der Waals surface area contributed by atoms with Crippen LogP contribution in [0.5, 0.6) is 11.5 Å². The molecule has 1 aliphatic rings. The highest BCUT2D eigenvalue weighted by Gasteiger charge is 2.19. The van der Waals surface area contributed by atoms with Crippen LogP contribution in [0.2, 0.25) is 0 Å².